The first-order chi connectivity index (χ1) is 10.1. The molecule has 1 rings (SSSR count). The molecule has 0 bridgehead atoms. The summed E-state index contributed by atoms with van der Waals surface area (Å²) in [5, 5.41) is 3.05. The number of thioether (sulfide) groups is 1. The van der Waals surface area contributed by atoms with Crippen LogP contribution in [0.15, 0.2) is 18.2 Å². The lowest BCUT2D eigenvalue weighted by atomic mass is 10.0. The maximum absolute atomic E-state index is 12.4. The van der Waals surface area contributed by atoms with Crippen LogP contribution in [0.3, 0.4) is 0 Å². The molecular weight excluding hydrogens is 280 g/mol. The van der Waals surface area contributed by atoms with Crippen LogP contribution in [0.1, 0.15) is 41.8 Å². The number of carbonyl (C=O) groups is 1. The second-order valence-corrected chi connectivity index (χ2v) is 6.31. The molecule has 4 heteroatoms. The number of carbonyl (C=O) groups excluding carboxylic acids is 1. The highest BCUT2D eigenvalue weighted by molar-refractivity contribution is 7.99. The molecule has 3 nitrogen and oxygen atoms in total. The van der Waals surface area contributed by atoms with Crippen LogP contribution < -0.4 is 11.1 Å². The minimum absolute atomic E-state index is 0.0611. The van der Waals surface area contributed by atoms with Gasteiger partial charge in [-0.3, -0.25) is 4.79 Å². The van der Waals surface area contributed by atoms with E-state index in [1.54, 1.807) is 0 Å². The molecule has 0 radical (unpaired) electrons. The van der Waals surface area contributed by atoms with E-state index in [-0.39, 0.29) is 11.9 Å². The molecule has 3 N–H and O–H groups in total. The number of nitrogens with two attached hydrogens (primary N) is 1. The first-order valence-corrected chi connectivity index (χ1v) is 8.42. The van der Waals surface area contributed by atoms with E-state index in [1.165, 1.54) is 0 Å². The SMILES string of the molecule is CCSCCC(C)NC(=O)c1cc(C)ccc1C#CCN. The van der Waals surface area contributed by atoms with Gasteiger partial charge >= 0.3 is 0 Å². The van der Waals surface area contributed by atoms with Crippen LogP contribution in [0, 0.1) is 18.8 Å². The third-order valence-electron chi connectivity index (χ3n) is 3.02. The zero-order chi connectivity index (χ0) is 15.7. The summed E-state index contributed by atoms with van der Waals surface area (Å²) in [6, 6.07) is 5.87. The molecule has 1 unspecified atom stereocenters. The van der Waals surface area contributed by atoms with Gasteiger partial charge < -0.3 is 11.1 Å². The second kappa shape index (κ2) is 9.49. The van der Waals surface area contributed by atoms with E-state index in [9.17, 15) is 4.79 Å². The summed E-state index contributed by atoms with van der Waals surface area (Å²) in [4.78, 5) is 12.4. The van der Waals surface area contributed by atoms with Gasteiger partial charge in [0.1, 0.15) is 0 Å². The Balaban J connectivity index is 2.78. The van der Waals surface area contributed by atoms with Gasteiger partial charge in [-0.15, -0.1) is 0 Å². The molecule has 0 aromatic heterocycles. The Kier molecular flexibility index (Phi) is 7.96. The Morgan fingerprint density at radius 2 is 2.24 bits per heavy atom. The van der Waals surface area contributed by atoms with Crippen LogP contribution in [0.2, 0.25) is 0 Å². The van der Waals surface area contributed by atoms with E-state index >= 15 is 0 Å². The van der Waals surface area contributed by atoms with Gasteiger partial charge in [0.05, 0.1) is 12.1 Å². The summed E-state index contributed by atoms with van der Waals surface area (Å²) in [6.07, 6.45) is 0.972. The quantitative estimate of drug-likeness (QED) is 0.627. The summed E-state index contributed by atoms with van der Waals surface area (Å²) >= 11 is 1.89. The normalized spacial score (nSPS) is 11.4. The van der Waals surface area contributed by atoms with E-state index in [0.717, 1.165) is 29.1 Å². The summed E-state index contributed by atoms with van der Waals surface area (Å²) in [5.74, 6) is 7.88. The van der Waals surface area contributed by atoms with E-state index in [2.05, 4.69) is 24.1 Å². The zero-order valence-electron chi connectivity index (χ0n) is 13.0. The lowest BCUT2D eigenvalue weighted by Gasteiger charge is -2.14. The van der Waals surface area contributed by atoms with Gasteiger partial charge in [-0.25, -0.2) is 0 Å². The number of hydrogen-bond donors (Lipinski definition) is 2. The number of rotatable bonds is 6. The van der Waals surface area contributed by atoms with Gasteiger partial charge in [0.25, 0.3) is 5.91 Å². The highest BCUT2D eigenvalue weighted by Crippen LogP contribution is 2.12. The third kappa shape index (κ3) is 6.24. The predicted octanol–water partition coefficient (Wildman–Crippen LogP) is 2.57. The van der Waals surface area contributed by atoms with Crippen molar-refractivity contribution in [2.75, 3.05) is 18.1 Å². The molecule has 21 heavy (non-hydrogen) atoms. The average Bonchev–Trinajstić information content (AvgIpc) is 2.46. The molecule has 0 aliphatic carbocycles. The van der Waals surface area contributed by atoms with Crippen LogP contribution in [-0.2, 0) is 0 Å². The first-order valence-electron chi connectivity index (χ1n) is 7.26. The Morgan fingerprint density at radius 3 is 2.90 bits per heavy atom. The maximum Gasteiger partial charge on any atom is 0.252 e. The molecule has 1 aromatic rings. The lowest BCUT2D eigenvalue weighted by Crippen LogP contribution is -2.33. The van der Waals surface area contributed by atoms with Crippen molar-refractivity contribution >= 4 is 17.7 Å². The molecule has 0 fully saturated rings. The predicted molar refractivity (Wildman–Crippen MR) is 91.7 cm³/mol. The fourth-order valence-electron chi connectivity index (χ4n) is 1.88. The third-order valence-corrected chi connectivity index (χ3v) is 3.95. The first kappa shape index (κ1) is 17.6. The van der Waals surface area contributed by atoms with Crippen molar-refractivity contribution in [3.8, 4) is 11.8 Å². The molecule has 0 spiro atoms. The van der Waals surface area contributed by atoms with Crippen molar-refractivity contribution in [3.63, 3.8) is 0 Å². The summed E-state index contributed by atoms with van der Waals surface area (Å²) in [6.45, 7) is 6.44. The smallest absolute Gasteiger partial charge is 0.252 e. The highest BCUT2D eigenvalue weighted by atomic mass is 32.2. The van der Waals surface area contributed by atoms with Gasteiger partial charge in [-0.05, 0) is 43.9 Å². The molecule has 114 valence electrons. The number of benzene rings is 1. The maximum atomic E-state index is 12.4. The minimum Gasteiger partial charge on any atom is -0.350 e. The largest absolute Gasteiger partial charge is 0.350 e. The highest BCUT2D eigenvalue weighted by Gasteiger charge is 2.13. The Bertz CT molecular complexity index is 531. The van der Waals surface area contributed by atoms with E-state index in [4.69, 9.17) is 5.73 Å². The van der Waals surface area contributed by atoms with Gasteiger partial charge in [0, 0.05) is 11.6 Å². The van der Waals surface area contributed by atoms with Gasteiger partial charge in [-0.1, -0.05) is 30.4 Å². The van der Waals surface area contributed by atoms with E-state index in [0.29, 0.717) is 12.1 Å². The van der Waals surface area contributed by atoms with Crippen molar-refractivity contribution in [1.29, 1.82) is 0 Å². The Morgan fingerprint density at radius 1 is 1.48 bits per heavy atom. The summed E-state index contributed by atoms with van der Waals surface area (Å²) in [5.41, 5.74) is 7.82. The zero-order valence-corrected chi connectivity index (χ0v) is 13.8. The fourth-order valence-corrected chi connectivity index (χ4v) is 2.69. The van der Waals surface area contributed by atoms with Crippen molar-refractivity contribution in [2.24, 2.45) is 5.73 Å². The van der Waals surface area contributed by atoms with Crippen molar-refractivity contribution < 1.29 is 4.79 Å². The van der Waals surface area contributed by atoms with Crippen LogP contribution in [0.4, 0.5) is 0 Å². The van der Waals surface area contributed by atoms with E-state index in [1.807, 2.05) is 43.8 Å². The van der Waals surface area contributed by atoms with Crippen molar-refractivity contribution in [2.45, 2.75) is 33.2 Å². The number of nitrogens with one attached hydrogen (secondary N) is 1. The molecule has 0 saturated heterocycles. The summed E-state index contributed by atoms with van der Waals surface area (Å²) < 4.78 is 0. The van der Waals surface area contributed by atoms with Crippen LogP contribution >= 0.6 is 11.8 Å². The minimum atomic E-state index is -0.0611. The monoisotopic (exact) mass is 304 g/mol. The molecular formula is C17H24N2OS. The van der Waals surface area contributed by atoms with E-state index < -0.39 is 0 Å². The van der Waals surface area contributed by atoms with Crippen molar-refractivity contribution in [1.82, 2.24) is 5.32 Å². The van der Waals surface area contributed by atoms with Crippen molar-refractivity contribution in [3.05, 3.63) is 34.9 Å². The topological polar surface area (TPSA) is 55.1 Å². The van der Waals surface area contributed by atoms with Crippen LogP contribution in [0.5, 0.6) is 0 Å². The molecule has 0 aliphatic rings. The Labute approximate surface area is 132 Å². The van der Waals surface area contributed by atoms with Gasteiger partial charge in [0.15, 0.2) is 0 Å². The van der Waals surface area contributed by atoms with Crippen LogP contribution in [-0.4, -0.2) is 30.0 Å². The van der Waals surface area contributed by atoms with Gasteiger partial charge in [0.2, 0.25) is 0 Å². The second-order valence-electron chi connectivity index (χ2n) is 4.92. The molecule has 0 saturated carbocycles. The number of amides is 1. The molecule has 0 heterocycles. The molecule has 1 amide bonds. The molecule has 0 aliphatic heterocycles. The molecule has 1 aromatic carbocycles. The number of aryl methyl sites for hydroxylation is 1. The average molecular weight is 304 g/mol. The summed E-state index contributed by atoms with van der Waals surface area (Å²) in [7, 11) is 0. The number of hydrogen-bond acceptors (Lipinski definition) is 3. The Hall–Kier alpha value is -1.44. The molecule has 1 atom stereocenters. The lowest BCUT2D eigenvalue weighted by molar-refractivity contribution is 0.0939. The van der Waals surface area contributed by atoms with Crippen LogP contribution in [0.25, 0.3) is 0 Å². The van der Waals surface area contributed by atoms with Gasteiger partial charge in [-0.2, -0.15) is 11.8 Å². The standard InChI is InChI=1S/C17H24N2OS/c1-4-21-11-9-14(3)19-17(20)16-12-13(2)7-8-15(16)6-5-10-18/h7-8,12,14H,4,9-11,18H2,1-3H3,(H,19,20). The fraction of sp³-hybridized carbons (Fsp3) is 0.471.